The Bertz CT molecular complexity index is 305. The first-order valence-electron chi connectivity index (χ1n) is 4.07. The van der Waals surface area contributed by atoms with E-state index >= 15 is 0 Å². The van der Waals surface area contributed by atoms with Crippen LogP contribution >= 0.6 is 0 Å². The second-order valence-corrected chi connectivity index (χ2v) is 5.68. The van der Waals surface area contributed by atoms with E-state index in [1.165, 1.54) is 0 Å². The molecule has 68 valence electrons. The van der Waals surface area contributed by atoms with Crippen LogP contribution in [-0.2, 0) is 14.6 Å². The first-order chi connectivity index (χ1) is 5.57. The van der Waals surface area contributed by atoms with Crippen molar-refractivity contribution in [3.8, 4) is 0 Å². The number of hydrogen-bond acceptors (Lipinski definition) is 3. The third-order valence-corrected chi connectivity index (χ3v) is 3.89. The van der Waals surface area contributed by atoms with E-state index in [-0.39, 0.29) is 23.5 Å². The number of carbonyl (C=O) groups excluding carboxylic acids is 1. The first-order valence-corrected chi connectivity index (χ1v) is 5.89. The van der Waals surface area contributed by atoms with Crippen molar-refractivity contribution >= 4 is 15.7 Å². The summed E-state index contributed by atoms with van der Waals surface area (Å²) in [5.74, 6) is -0.0956. The molecule has 0 aromatic rings. The topological polar surface area (TPSA) is 63.2 Å². The third-order valence-electron chi connectivity index (χ3n) is 2.32. The maximum Gasteiger partial charge on any atom is 0.235 e. The molecule has 0 radical (unpaired) electrons. The van der Waals surface area contributed by atoms with E-state index < -0.39 is 9.84 Å². The number of nitrogens with one attached hydrogen (secondary N) is 1. The van der Waals surface area contributed by atoms with Crippen LogP contribution in [0.2, 0.25) is 0 Å². The molecule has 1 unspecified atom stereocenters. The number of sulfone groups is 1. The molecule has 0 aromatic carbocycles. The van der Waals surface area contributed by atoms with Gasteiger partial charge in [0.15, 0.2) is 9.84 Å². The second-order valence-electron chi connectivity index (χ2n) is 3.57. The van der Waals surface area contributed by atoms with Crippen LogP contribution in [-0.4, -0.2) is 31.9 Å². The third kappa shape index (κ3) is 1.60. The Balaban J connectivity index is 2.13. The lowest BCUT2D eigenvalue weighted by molar-refractivity contribution is -0.119. The SMILES string of the molecule is O=C1CS(=O)(=O)CC(C2CC2)N1. The fourth-order valence-electron chi connectivity index (χ4n) is 1.57. The van der Waals surface area contributed by atoms with Crippen molar-refractivity contribution < 1.29 is 13.2 Å². The summed E-state index contributed by atoms with van der Waals surface area (Å²) in [7, 11) is -3.10. The quantitative estimate of drug-likeness (QED) is 0.594. The Hall–Kier alpha value is -0.580. The number of carbonyl (C=O) groups is 1. The maximum atomic E-state index is 11.1. The van der Waals surface area contributed by atoms with Crippen LogP contribution in [0.15, 0.2) is 0 Å². The van der Waals surface area contributed by atoms with E-state index in [4.69, 9.17) is 0 Å². The van der Waals surface area contributed by atoms with Gasteiger partial charge in [-0.05, 0) is 18.8 Å². The Morgan fingerprint density at radius 2 is 2.00 bits per heavy atom. The van der Waals surface area contributed by atoms with Gasteiger partial charge in [0.2, 0.25) is 5.91 Å². The Morgan fingerprint density at radius 3 is 2.50 bits per heavy atom. The van der Waals surface area contributed by atoms with Gasteiger partial charge in [-0.25, -0.2) is 8.42 Å². The fourth-order valence-corrected chi connectivity index (χ4v) is 3.08. The molecule has 4 nitrogen and oxygen atoms in total. The molecule has 1 saturated carbocycles. The van der Waals surface area contributed by atoms with Gasteiger partial charge < -0.3 is 5.32 Å². The molecule has 1 amide bonds. The zero-order valence-electron chi connectivity index (χ0n) is 6.62. The van der Waals surface area contributed by atoms with E-state index in [1.54, 1.807) is 0 Å². The van der Waals surface area contributed by atoms with Crippen molar-refractivity contribution in [2.24, 2.45) is 5.92 Å². The van der Waals surface area contributed by atoms with E-state index in [0.717, 1.165) is 12.8 Å². The highest BCUT2D eigenvalue weighted by atomic mass is 32.2. The number of rotatable bonds is 1. The predicted octanol–water partition coefficient (Wildman–Crippen LogP) is -0.690. The molecule has 1 aliphatic carbocycles. The van der Waals surface area contributed by atoms with Crippen LogP contribution in [0, 0.1) is 5.92 Å². The Morgan fingerprint density at radius 1 is 1.33 bits per heavy atom. The fraction of sp³-hybridized carbons (Fsp3) is 0.857. The van der Waals surface area contributed by atoms with E-state index in [2.05, 4.69) is 5.32 Å². The average Bonchev–Trinajstić information content (AvgIpc) is 2.61. The predicted molar refractivity (Wildman–Crippen MR) is 43.3 cm³/mol. The van der Waals surface area contributed by atoms with Crippen molar-refractivity contribution in [3.05, 3.63) is 0 Å². The number of amides is 1. The van der Waals surface area contributed by atoms with Gasteiger partial charge in [-0.2, -0.15) is 0 Å². The molecule has 0 bridgehead atoms. The molecule has 0 spiro atoms. The molecule has 5 heteroatoms. The van der Waals surface area contributed by atoms with Gasteiger partial charge in [0, 0.05) is 6.04 Å². The lowest BCUT2D eigenvalue weighted by Crippen LogP contribution is -2.50. The molecule has 1 N–H and O–H groups in total. The molecule has 1 saturated heterocycles. The zero-order chi connectivity index (χ0) is 8.77. The smallest absolute Gasteiger partial charge is 0.235 e. The van der Waals surface area contributed by atoms with Crippen LogP contribution in [0.1, 0.15) is 12.8 Å². The maximum absolute atomic E-state index is 11.1. The molecule has 2 rings (SSSR count). The number of hydrogen-bond donors (Lipinski definition) is 1. The molecule has 1 heterocycles. The molecular weight excluding hydrogens is 178 g/mol. The molecular formula is C7H11NO3S. The van der Waals surface area contributed by atoms with E-state index in [9.17, 15) is 13.2 Å². The summed E-state index contributed by atoms with van der Waals surface area (Å²) in [5, 5.41) is 2.72. The normalized spacial score (nSPS) is 34.3. The van der Waals surface area contributed by atoms with Gasteiger partial charge in [0.05, 0.1) is 5.75 Å². The van der Waals surface area contributed by atoms with Gasteiger partial charge in [0.25, 0.3) is 0 Å². The van der Waals surface area contributed by atoms with Crippen molar-refractivity contribution in [1.29, 1.82) is 0 Å². The van der Waals surface area contributed by atoms with Crippen molar-refractivity contribution in [2.45, 2.75) is 18.9 Å². The minimum Gasteiger partial charge on any atom is -0.351 e. The van der Waals surface area contributed by atoms with Crippen molar-refractivity contribution in [1.82, 2.24) is 5.32 Å². The highest BCUT2D eigenvalue weighted by Gasteiger charge is 2.39. The van der Waals surface area contributed by atoms with Gasteiger partial charge in [-0.1, -0.05) is 0 Å². The van der Waals surface area contributed by atoms with E-state index in [1.807, 2.05) is 0 Å². The molecule has 2 aliphatic rings. The summed E-state index contributed by atoms with van der Waals surface area (Å²) in [6.07, 6.45) is 2.11. The highest BCUT2D eigenvalue weighted by Crippen LogP contribution is 2.34. The summed E-state index contributed by atoms with van der Waals surface area (Å²) in [6, 6.07) is -0.101. The van der Waals surface area contributed by atoms with Crippen molar-refractivity contribution in [2.75, 3.05) is 11.5 Å². The largest absolute Gasteiger partial charge is 0.351 e. The van der Waals surface area contributed by atoms with Crippen LogP contribution in [0.25, 0.3) is 0 Å². The summed E-state index contributed by atoms with van der Waals surface area (Å²) < 4.78 is 22.3. The summed E-state index contributed by atoms with van der Waals surface area (Å²) >= 11 is 0. The average molecular weight is 189 g/mol. The van der Waals surface area contributed by atoms with Crippen LogP contribution in [0.4, 0.5) is 0 Å². The lowest BCUT2D eigenvalue weighted by atomic mass is 10.2. The van der Waals surface area contributed by atoms with Gasteiger partial charge in [-0.15, -0.1) is 0 Å². The summed E-state index contributed by atoms with van der Waals surface area (Å²) in [5.41, 5.74) is 0. The molecule has 1 aliphatic heterocycles. The Kier molecular flexibility index (Phi) is 1.64. The Labute approximate surface area is 71.3 Å². The molecule has 2 fully saturated rings. The molecule has 1 atom stereocenters. The van der Waals surface area contributed by atoms with Crippen molar-refractivity contribution in [3.63, 3.8) is 0 Å². The highest BCUT2D eigenvalue weighted by molar-refractivity contribution is 7.92. The van der Waals surface area contributed by atoms with Gasteiger partial charge >= 0.3 is 0 Å². The molecule has 12 heavy (non-hydrogen) atoms. The van der Waals surface area contributed by atoms with Crippen LogP contribution in [0.5, 0.6) is 0 Å². The van der Waals surface area contributed by atoms with E-state index in [0.29, 0.717) is 5.92 Å². The minimum absolute atomic E-state index is 0.101. The second kappa shape index (κ2) is 2.45. The summed E-state index contributed by atoms with van der Waals surface area (Å²) in [6.45, 7) is 0. The molecule has 0 aromatic heterocycles. The summed E-state index contributed by atoms with van der Waals surface area (Å²) in [4.78, 5) is 10.9. The minimum atomic E-state index is -3.10. The van der Waals surface area contributed by atoms with Gasteiger partial charge in [0.1, 0.15) is 5.75 Å². The first kappa shape index (κ1) is 8.04. The monoisotopic (exact) mass is 189 g/mol. The zero-order valence-corrected chi connectivity index (χ0v) is 7.43. The standard InChI is InChI=1S/C7H11NO3S/c9-7-4-12(10,11)3-6(8-7)5-1-2-5/h5-6H,1-4H2,(H,8,9). The lowest BCUT2D eigenvalue weighted by Gasteiger charge is -2.22. The van der Waals surface area contributed by atoms with Crippen LogP contribution in [0.3, 0.4) is 0 Å². The van der Waals surface area contributed by atoms with Crippen LogP contribution < -0.4 is 5.32 Å². The van der Waals surface area contributed by atoms with Gasteiger partial charge in [-0.3, -0.25) is 4.79 Å².